The molecule has 1 saturated heterocycles. The highest BCUT2D eigenvalue weighted by Crippen LogP contribution is 2.12. The number of amides is 1. The highest BCUT2D eigenvalue weighted by molar-refractivity contribution is 7.89. The van der Waals surface area contributed by atoms with E-state index in [-0.39, 0.29) is 16.8 Å². The lowest BCUT2D eigenvalue weighted by Crippen LogP contribution is -2.31. The zero-order valence-corrected chi connectivity index (χ0v) is 16.6. The minimum atomic E-state index is -3.60. The van der Waals surface area contributed by atoms with Crippen molar-refractivity contribution in [1.82, 2.24) is 14.9 Å². The van der Waals surface area contributed by atoms with E-state index in [1.165, 1.54) is 37.8 Å². The summed E-state index contributed by atoms with van der Waals surface area (Å²) in [7, 11) is -3.60. The van der Waals surface area contributed by atoms with E-state index in [2.05, 4.69) is 14.9 Å². The fourth-order valence-corrected chi connectivity index (χ4v) is 4.45. The Bertz CT molecular complexity index is 681. The van der Waals surface area contributed by atoms with Crippen molar-refractivity contribution in [3.63, 3.8) is 0 Å². The molecule has 26 heavy (non-hydrogen) atoms. The fourth-order valence-electron chi connectivity index (χ4n) is 3.15. The van der Waals surface area contributed by atoms with Crippen molar-refractivity contribution >= 4 is 15.9 Å². The molecule has 0 atom stereocenters. The fraction of sp³-hybridized carbons (Fsp3) is 0.632. The molecule has 0 saturated carbocycles. The second kappa shape index (κ2) is 10.0. The van der Waals surface area contributed by atoms with Crippen LogP contribution in [0, 0.1) is 0 Å². The summed E-state index contributed by atoms with van der Waals surface area (Å²) in [5, 5.41) is 2.89. The molecule has 1 aliphatic heterocycles. The minimum Gasteiger partial charge on any atom is -0.352 e. The van der Waals surface area contributed by atoms with Gasteiger partial charge in [0.1, 0.15) is 0 Å². The second-order valence-electron chi connectivity index (χ2n) is 7.17. The number of hydrogen-bond donors (Lipinski definition) is 2. The van der Waals surface area contributed by atoms with Crippen molar-refractivity contribution in [2.45, 2.75) is 56.9 Å². The molecule has 1 aromatic rings. The zero-order valence-electron chi connectivity index (χ0n) is 15.8. The molecule has 0 radical (unpaired) electrons. The first-order valence-corrected chi connectivity index (χ1v) is 11.0. The van der Waals surface area contributed by atoms with Crippen LogP contribution < -0.4 is 10.0 Å². The van der Waals surface area contributed by atoms with E-state index < -0.39 is 10.0 Å². The third-order valence-corrected chi connectivity index (χ3v) is 6.09. The maximum atomic E-state index is 12.3. The number of nitrogens with one attached hydrogen (secondary N) is 2. The van der Waals surface area contributed by atoms with Gasteiger partial charge in [-0.05, 0) is 70.9 Å². The number of carbonyl (C=O) groups is 1. The highest BCUT2D eigenvalue weighted by atomic mass is 32.2. The molecular weight excluding hydrogens is 350 g/mol. The van der Waals surface area contributed by atoms with Gasteiger partial charge in [-0.15, -0.1) is 0 Å². The molecule has 0 spiro atoms. The van der Waals surface area contributed by atoms with Crippen LogP contribution in [0.15, 0.2) is 29.2 Å². The van der Waals surface area contributed by atoms with Crippen molar-refractivity contribution in [2.24, 2.45) is 0 Å². The van der Waals surface area contributed by atoms with Gasteiger partial charge < -0.3 is 10.2 Å². The van der Waals surface area contributed by atoms with Gasteiger partial charge >= 0.3 is 0 Å². The van der Waals surface area contributed by atoms with Gasteiger partial charge in [-0.3, -0.25) is 4.79 Å². The van der Waals surface area contributed by atoms with Crippen molar-refractivity contribution in [2.75, 3.05) is 26.2 Å². The minimum absolute atomic E-state index is 0.114. The first-order valence-electron chi connectivity index (χ1n) is 9.51. The molecule has 1 amide bonds. The summed E-state index contributed by atoms with van der Waals surface area (Å²) in [5.74, 6) is -0.234. The smallest absolute Gasteiger partial charge is 0.251 e. The van der Waals surface area contributed by atoms with E-state index in [0.717, 1.165) is 26.1 Å². The van der Waals surface area contributed by atoms with Gasteiger partial charge in [-0.25, -0.2) is 13.1 Å². The first kappa shape index (κ1) is 20.9. The van der Waals surface area contributed by atoms with Gasteiger partial charge in [0.05, 0.1) is 4.90 Å². The maximum Gasteiger partial charge on any atom is 0.251 e. The molecule has 1 fully saturated rings. The Morgan fingerprint density at radius 2 is 1.85 bits per heavy atom. The standard InChI is InChI=1S/C19H31N3O3S/c1-16(2)21-26(24,25)18-10-7-9-17(15-18)19(23)20-11-8-14-22-12-5-3-4-6-13-22/h7,9-10,15-16,21H,3-6,8,11-14H2,1-2H3,(H,20,23). The first-order chi connectivity index (χ1) is 12.4. The average molecular weight is 382 g/mol. The average Bonchev–Trinajstić information content (AvgIpc) is 2.86. The monoisotopic (exact) mass is 381 g/mol. The van der Waals surface area contributed by atoms with Crippen molar-refractivity contribution in [3.8, 4) is 0 Å². The van der Waals surface area contributed by atoms with E-state index in [1.807, 2.05) is 0 Å². The van der Waals surface area contributed by atoms with Crippen LogP contribution in [0.2, 0.25) is 0 Å². The van der Waals surface area contributed by atoms with E-state index in [9.17, 15) is 13.2 Å². The Morgan fingerprint density at radius 3 is 2.50 bits per heavy atom. The summed E-state index contributed by atoms with van der Waals surface area (Å²) in [4.78, 5) is 14.9. The normalized spacial score (nSPS) is 16.4. The van der Waals surface area contributed by atoms with Gasteiger partial charge in [-0.1, -0.05) is 18.9 Å². The molecule has 2 rings (SSSR count). The number of carbonyl (C=O) groups excluding carboxylic acids is 1. The van der Waals surface area contributed by atoms with Crippen molar-refractivity contribution in [1.29, 1.82) is 0 Å². The van der Waals surface area contributed by atoms with Crippen molar-refractivity contribution < 1.29 is 13.2 Å². The molecule has 0 bridgehead atoms. The van der Waals surface area contributed by atoms with Crippen LogP contribution >= 0.6 is 0 Å². The third-order valence-electron chi connectivity index (χ3n) is 4.43. The van der Waals surface area contributed by atoms with Crippen molar-refractivity contribution in [3.05, 3.63) is 29.8 Å². The van der Waals surface area contributed by atoms with Crippen LogP contribution in [0.25, 0.3) is 0 Å². The van der Waals surface area contributed by atoms with Crippen LogP contribution in [0.1, 0.15) is 56.3 Å². The molecular formula is C19H31N3O3S. The Morgan fingerprint density at radius 1 is 1.15 bits per heavy atom. The van der Waals surface area contributed by atoms with E-state index >= 15 is 0 Å². The number of sulfonamides is 1. The number of rotatable bonds is 8. The molecule has 2 N–H and O–H groups in total. The third kappa shape index (κ3) is 6.70. The van der Waals surface area contributed by atoms with Gasteiger partial charge in [0.2, 0.25) is 10.0 Å². The molecule has 1 aliphatic rings. The van der Waals surface area contributed by atoms with E-state index in [1.54, 1.807) is 26.0 Å². The molecule has 1 heterocycles. The predicted molar refractivity (Wildman–Crippen MR) is 104 cm³/mol. The highest BCUT2D eigenvalue weighted by Gasteiger charge is 2.17. The Labute approximate surface area is 157 Å². The Balaban J connectivity index is 1.84. The summed E-state index contributed by atoms with van der Waals surface area (Å²) >= 11 is 0. The number of benzene rings is 1. The largest absolute Gasteiger partial charge is 0.352 e. The van der Waals surface area contributed by atoms with Gasteiger partial charge in [0.25, 0.3) is 5.91 Å². The molecule has 6 nitrogen and oxygen atoms in total. The van der Waals surface area contributed by atoms with Crippen LogP contribution in [-0.4, -0.2) is 51.4 Å². The molecule has 0 aromatic heterocycles. The zero-order chi connectivity index (χ0) is 19.0. The lowest BCUT2D eigenvalue weighted by molar-refractivity contribution is 0.0951. The number of nitrogens with zero attached hydrogens (tertiary/aromatic N) is 1. The van der Waals surface area contributed by atoms with Crippen LogP contribution in [-0.2, 0) is 10.0 Å². The van der Waals surface area contributed by atoms with Gasteiger partial charge in [0, 0.05) is 18.2 Å². The lowest BCUT2D eigenvalue weighted by Gasteiger charge is -2.19. The summed E-state index contributed by atoms with van der Waals surface area (Å²) < 4.78 is 27.0. The van der Waals surface area contributed by atoms with E-state index in [0.29, 0.717) is 12.1 Å². The number of hydrogen-bond acceptors (Lipinski definition) is 4. The van der Waals surface area contributed by atoms with Crippen LogP contribution in [0.3, 0.4) is 0 Å². The Kier molecular flexibility index (Phi) is 8.06. The SMILES string of the molecule is CC(C)NS(=O)(=O)c1cccc(C(=O)NCCCN2CCCCCC2)c1. The maximum absolute atomic E-state index is 12.3. The lowest BCUT2D eigenvalue weighted by atomic mass is 10.2. The predicted octanol–water partition coefficient (Wildman–Crippen LogP) is 2.37. The van der Waals surface area contributed by atoms with Crippen LogP contribution in [0.5, 0.6) is 0 Å². The molecule has 1 aromatic carbocycles. The quantitative estimate of drug-likeness (QED) is 0.678. The topological polar surface area (TPSA) is 78.5 Å². The van der Waals surface area contributed by atoms with Gasteiger partial charge in [0.15, 0.2) is 0 Å². The number of likely N-dealkylation sites (tertiary alicyclic amines) is 1. The Hall–Kier alpha value is -1.44. The second-order valence-corrected chi connectivity index (χ2v) is 8.88. The molecule has 146 valence electrons. The molecule has 7 heteroatoms. The summed E-state index contributed by atoms with van der Waals surface area (Å²) in [6.07, 6.45) is 6.06. The van der Waals surface area contributed by atoms with E-state index in [4.69, 9.17) is 0 Å². The van der Waals surface area contributed by atoms with Crippen LogP contribution in [0.4, 0.5) is 0 Å². The summed E-state index contributed by atoms with van der Waals surface area (Å²) in [6.45, 7) is 7.41. The van der Waals surface area contributed by atoms with Gasteiger partial charge in [-0.2, -0.15) is 0 Å². The summed E-state index contributed by atoms with van der Waals surface area (Å²) in [6, 6.07) is 5.96. The molecule has 0 unspecified atom stereocenters. The summed E-state index contributed by atoms with van der Waals surface area (Å²) in [5.41, 5.74) is 0.367. The molecule has 0 aliphatic carbocycles.